The second kappa shape index (κ2) is 10.1. The molecule has 0 saturated carbocycles. The molecule has 0 atom stereocenters. The number of benzene rings is 1. The fourth-order valence-corrected chi connectivity index (χ4v) is 3.27. The Hall–Kier alpha value is -1.82. The molecule has 0 bridgehead atoms. The zero-order chi connectivity index (χ0) is 17.2. The highest BCUT2D eigenvalue weighted by atomic mass is 32.2. The molecule has 1 N–H and O–H groups in total. The number of carbonyl (C=O) groups excluding carboxylic acids is 1. The number of nitrogens with one attached hydrogen (secondary N) is 1. The standard InChI is InChI=1S/C18H26N4OS/c1-3-5-6-10-13-19-16(23)14-24-18-21-20-17(22(18)4-2)15-11-8-7-9-12-15/h7-9,11-12H,3-6,10,13-14H2,1-2H3,(H,19,23). The Kier molecular flexibility index (Phi) is 7.82. The molecular weight excluding hydrogens is 320 g/mol. The lowest BCUT2D eigenvalue weighted by Crippen LogP contribution is -2.26. The fraction of sp³-hybridized carbons (Fsp3) is 0.500. The van der Waals surface area contributed by atoms with Crippen LogP contribution in [0, 0.1) is 0 Å². The van der Waals surface area contributed by atoms with Crippen LogP contribution in [0.3, 0.4) is 0 Å². The van der Waals surface area contributed by atoms with E-state index in [1.165, 1.54) is 31.0 Å². The second-order valence-corrected chi connectivity index (χ2v) is 6.56. The Morgan fingerprint density at radius 1 is 1.12 bits per heavy atom. The van der Waals surface area contributed by atoms with Crippen LogP contribution in [0.25, 0.3) is 11.4 Å². The third kappa shape index (κ3) is 5.37. The summed E-state index contributed by atoms with van der Waals surface area (Å²) in [5.41, 5.74) is 1.04. The van der Waals surface area contributed by atoms with Crippen molar-refractivity contribution >= 4 is 17.7 Å². The van der Waals surface area contributed by atoms with E-state index in [1.54, 1.807) is 0 Å². The Bertz CT molecular complexity index is 627. The van der Waals surface area contributed by atoms with E-state index in [0.717, 1.165) is 36.1 Å². The number of nitrogens with zero attached hydrogens (tertiary/aromatic N) is 3. The van der Waals surface area contributed by atoms with Crippen molar-refractivity contribution in [3.05, 3.63) is 30.3 Å². The minimum absolute atomic E-state index is 0.0587. The minimum atomic E-state index is 0.0587. The Morgan fingerprint density at radius 3 is 2.62 bits per heavy atom. The van der Waals surface area contributed by atoms with Crippen LogP contribution < -0.4 is 5.32 Å². The van der Waals surface area contributed by atoms with Gasteiger partial charge >= 0.3 is 0 Å². The van der Waals surface area contributed by atoms with Gasteiger partial charge in [0.25, 0.3) is 0 Å². The molecule has 0 fully saturated rings. The van der Waals surface area contributed by atoms with Crippen molar-refractivity contribution in [2.24, 2.45) is 0 Å². The maximum Gasteiger partial charge on any atom is 0.230 e. The van der Waals surface area contributed by atoms with Gasteiger partial charge in [0.15, 0.2) is 11.0 Å². The van der Waals surface area contributed by atoms with E-state index in [0.29, 0.717) is 5.75 Å². The van der Waals surface area contributed by atoms with Gasteiger partial charge in [-0.2, -0.15) is 0 Å². The molecule has 24 heavy (non-hydrogen) atoms. The van der Waals surface area contributed by atoms with Crippen LogP contribution in [-0.2, 0) is 11.3 Å². The summed E-state index contributed by atoms with van der Waals surface area (Å²) < 4.78 is 2.05. The zero-order valence-electron chi connectivity index (χ0n) is 14.5. The number of unbranched alkanes of at least 4 members (excludes halogenated alkanes) is 3. The highest BCUT2D eigenvalue weighted by Gasteiger charge is 2.14. The smallest absolute Gasteiger partial charge is 0.230 e. The third-order valence-corrected chi connectivity index (χ3v) is 4.72. The number of aromatic nitrogens is 3. The first kappa shape index (κ1) is 18.5. The molecule has 1 amide bonds. The van der Waals surface area contributed by atoms with E-state index in [9.17, 15) is 4.79 Å². The normalized spacial score (nSPS) is 10.8. The van der Waals surface area contributed by atoms with E-state index in [-0.39, 0.29) is 5.91 Å². The first-order chi connectivity index (χ1) is 11.8. The molecule has 1 aromatic heterocycles. The van der Waals surface area contributed by atoms with E-state index >= 15 is 0 Å². The van der Waals surface area contributed by atoms with Gasteiger partial charge in [0.2, 0.25) is 5.91 Å². The Morgan fingerprint density at radius 2 is 1.92 bits per heavy atom. The summed E-state index contributed by atoms with van der Waals surface area (Å²) in [7, 11) is 0. The minimum Gasteiger partial charge on any atom is -0.355 e. The highest BCUT2D eigenvalue weighted by Crippen LogP contribution is 2.23. The lowest BCUT2D eigenvalue weighted by Gasteiger charge is -2.07. The predicted molar refractivity (Wildman–Crippen MR) is 99.0 cm³/mol. The monoisotopic (exact) mass is 346 g/mol. The quantitative estimate of drug-likeness (QED) is 0.526. The summed E-state index contributed by atoms with van der Waals surface area (Å²) in [6.07, 6.45) is 4.66. The van der Waals surface area contributed by atoms with E-state index in [2.05, 4.69) is 33.9 Å². The van der Waals surface area contributed by atoms with Gasteiger partial charge in [0.1, 0.15) is 0 Å². The molecule has 130 valence electrons. The Balaban J connectivity index is 1.87. The van der Waals surface area contributed by atoms with Gasteiger partial charge < -0.3 is 9.88 Å². The molecule has 5 nitrogen and oxygen atoms in total. The van der Waals surface area contributed by atoms with Gasteiger partial charge in [-0.3, -0.25) is 4.79 Å². The number of hydrogen-bond donors (Lipinski definition) is 1. The average molecular weight is 347 g/mol. The lowest BCUT2D eigenvalue weighted by atomic mass is 10.2. The van der Waals surface area contributed by atoms with Crippen LogP contribution in [0.2, 0.25) is 0 Å². The molecule has 0 aliphatic rings. The summed E-state index contributed by atoms with van der Waals surface area (Å²) in [5.74, 6) is 1.28. The third-order valence-electron chi connectivity index (χ3n) is 3.75. The maximum atomic E-state index is 11.9. The van der Waals surface area contributed by atoms with Gasteiger partial charge in [-0.05, 0) is 13.3 Å². The molecule has 1 heterocycles. The average Bonchev–Trinajstić information content (AvgIpc) is 3.03. The highest BCUT2D eigenvalue weighted by molar-refractivity contribution is 7.99. The fourth-order valence-electron chi connectivity index (χ4n) is 2.44. The van der Waals surface area contributed by atoms with Crippen molar-refractivity contribution in [2.75, 3.05) is 12.3 Å². The van der Waals surface area contributed by atoms with Crippen LogP contribution in [0.1, 0.15) is 39.5 Å². The first-order valence-corrected chi connectivity index (χ1v) is 9.63. The summed E-state index contributed by atoms with van der Waals surface area (Å²) in [4.78, 5) is 11.9. The Labute approximate surface area is 148 Å². The van der Waals surface area contributed by atoms with Gasteiger partial charge in [0.05, 0.1) is 5.75 Å². The largest absolute Gasteiger partial charge is 0.355 e. The molecule has 2 rings (SSSR count). The van der Waals surface area contributed by atoms with Crippen molar-refractivity contribution in [1.82, 2.24) is 20.1 Å². The van der Waals surface area contributed by atoms with Gasteiger partial charge in [-0.1, -0.05) is 68.3 Å². The molecular formula is C18H26N4OS. The van der Waals surface area contributed by atoms with E-state index in [4.69, 9.17) is 0 Å². The van der Waals surface area contributed by atoms with Crippen LogP contribution in [0.5, 0.6) is 0 Å². The summed E-state index contributed by atoms with van der Waals surface area (Å²) in [5, 5.41) is 12.3. The molecule has 2 aromatic rings. The number of rotatable bonds is 10. The first-order valence-electron chi connectivity index (χ1n) is 8.64. The predicted octanol–water partition coefficient (Wildman–Crippen LogP) is 3.75. The number of hydrogen-bond acceptors (Lipinski definition) is 4. The topological polar surface area (TPSA) is 59.8 Å². The van der Waals surface area contributed by atoms with Crippen molar-refractivity contribution in [3.63, 3.8) is 0 Å². The molecule has 6 heteroatoms. The van der Waals surface area contributed by atoms with Crippen LogP contribution in [0.15, 0.2) is 35.5 Å². The molecule has 0 radical (unpaired) electrons. The molecule has 0 spiro atoms. The molecule has 0 unspecified atom stereocenters. The number of carbonyl (C=O) groups is 1. The summed E-state index contributed by atoms with van der Waals surface area (Å²) in [6.45, 7) is 5.78. The summed E-state index contributed by atoms with van der Waals surface area (Å²) >= 11 is 1.44. The van der Waals surface area contributed by atoms with Crippen molar-refractivity contribution in [3.8, 4) is 11.4 Å². The SMILES string of the molecule is CCCCCCNC(=O)CSc1nnc(-c2ccccc2)n1CC. The van der Waals surface area contributed by atoms with Crippen molar-refractivity contribution in [1.29, 1.82) is 0 Å². The number of thioether (sulfide) groups is 1. The van der Waals surface area contributed by atoms with E-state index in [1.807, 2.05) is 30.3 Å². The van der Waals surface area contributed by atoms with Crippen LogP contribution in [0.4, 0.5) is 0 Å². The molecule has 1 aromatic carbocycles. The van der Waals surface area contributed by atoms with E-state index < -0.39 is 0 Å². The van der Waals surface area contributed by atoms with Crippen LogP contribution >= 0.6 is 11.8 Å². The van der Waals surface area contributed by atoms with Crippen LogP contribution in [-0.4, -0.2) is 33.0 Å². The summed E-state index contributed by atoms with van der Waals surface area (Å²) in [6, 6.07) is 10.0. The van der Waals surface area contributed by atoms with Gasteiger partial charge in [-0.15, -0.1) is 10.2 Å². The van der Waals surface area contributed by atoms with Gasteiger partial charge in [0, 0.05) is 18.7 Å². The number of amides is 1. The molecule has 0 aliphatic carbocycles. The lowest BCUT2D eigenvalue weighted by molar-refractivity contribution is -0.118. The van der Waals surface area contributed by atoms with Gasteiger partial charge in [-0.25, -0.2) is 0 Å². The maximum absolute atomic E-state index is 11.9. The second-order valence-electron chi connectivity index (χ2n) is 5.62. The van der Waals surface area contributed by atoms with Crippen molar-refractivity contribution < 1.29 is 4.79 Å². The molecule has 0 aliphatic heterocycles. The van der Waals surface area contributed by atoms with Crippen molar-refractivity contribution in [2.45, 2.75) is 51.2 Å². The molecule has 0 saturated heterocycles. The zero-order valence-corrected chi connectivity index (χ0v) is 15.3.